The third-order valence-corrected chi connectivity index (χ3v) is 1.97. The lowest BCUT2D eigenvalue weighted by molar-refractivity contribution is 0.0696. The van der Waals surface area contributed by atoms with Crippen LogP contribution in [0.1, 0.15) is 10.4 Å². The molecule has 6 nitrogen and oxygen atoms in total. The van der Waals surface area contributed by atoms with E-state index in [9.17, 15) is 4.79 Å². The summed E-state index contributed by atoms with van der Waals surface area (Å²) in [5.41, 5.74) is 0.614. The molecule has 0 fully saturated rings. The minimum absolute atomic E-state index is 0.00435. The molecule has 0 amide bonds. The Morgan fingerprint density at radius 1 is 1.38 bits per heavy atom. The Balaban J connectivity index is 2.63. The molecule has 0 spiro atoms. The van der Waals surface area contributed by atoms with Crippen molar-refractivity contribution < 1.29 is 9.90 Å². The lowest BCUT2D eigenvalue weighted by Gasteiger charge is -2.04. The molecule has 0 saturated carbocycles. The van der Waals surface area contributed by atoms with Crippen LogP contribution >= 0.6 is 0 Å². The van der Waals surface area contributed by atoms with Gasteiger partial charge in [-0.25, -0.2) is 9.64 Å². The van der Waals surface area contributed by atoms with Gasteiger partial charge in [0.1, 0.15) is 0 Å². The number of rotatable bonds is 2. The first kappa shape index (κ1) is 9.86. The van der Waals surface area contributed by atoms with Crippen molar-refractivity contribution in [3.8, 4) is 5.69 Å². The molecular formula is C10H6N4O2. The fourth-order valence-electron chi connectivity index (χ4n) is 1.28. The van der Waals surface area contributed by atoms with E-state index in [1.807, 2.05) is 0 Å². The van der Waals surface area contributed by atoms with E-state index in [4.69, 9.17) is 11.7 Å². The Kier molecular flexibility index (Phi) is 2.36. The zero-order valence-corrected chi connectivity index (χ0v) is 8.03. The molecule has 6 heteroatoms. The second-order valence-corrected chi connectivity index (χ2v) is 2.94. The van der Waals surface area contributed by atoms with Gasteiger partial charge in [-0.05, 0) is 12.1 Å². The van der Waals surface area contributed by atoms with Crippen LogP contribution in [0, 0.1) is 6.57 Å². The third-order valence-electron chi connectivity index (χ3n) is 1.97. The molecule has 1 N–H and O–H groups in total. The van der Waals surface area contributed by atoms with E-state index in [2.05, 4.69) is 15.0 Å². The molecule has 0 unspecified atom stereocenters. The van der Waals surface area contributed by atoms with Crippen LogP contribution in [0.25, 0.3) is 10.5 Å². The molecule has 78 valence electrons. The predicted molar refractivity (Wildman–Crippen MR) is 54.6 cm³/mol. The molecular weight excluding hydrogens is 208 g/mol. The highest BCUT2D eigenvalue weighted by molar-refractivity contribution is 5.93. The Labute approximate surface area is 90.6 Å². The van der Waals surface area contributed by atoms with Crippen LogP contribution in [-0.2, 0) is 0 Å². The summed E-state index contributed by atoms with van der Waals surface area (Å²) < 4.78 is 0. The van der Waals surface area contributed by atoms with E-state index in [0.717, 1.165) is 0 Å². The zero-order valence-electron chi connectivity index (χ0n) is 8.03. The Hall–Kier alpha value is -2.68. The number of hydrogen-bond donors (Lipinski definition) is 1. The third kappa shape index (κ3) is 1.62. The number of carboxylic acid groups (broad SMARTS) is 1. The molecule has 1 aromatic heterocycles. The highest BCUT2D eigenvalue weighted by Crippen LogP contribution is 2.20. The number of nitrogens with zero attached hydrogens (tertiary/aromatic N) is 4. The summed E-state index contributed by atoms with van der Waals surface area (Å²) >= 11 is 0. The Bertz CT molecular complexity index is 569. The predicted octanol–water partition coefficient (Wildman–Crippen LogP) is 1.52. The van der Waals surface area contributed by atoms with Crippen molar-refractivity contribution >= 4 is 11.7 Å². The van der Waals surface area contributed by atoms with Gasteiger partial charge in [0.15, 0.2) is 5.69 Å². The van der Waals surface area contributed by atoms with Gasteiger partial charge >= 0.3 is 5.97 Å². The molecule has 1 heterocycles. The number of aromatic carboxylic acids is 1. The monoisotopic (exact) mass is 214 g/mol. The van der Waals surface area contributed by atoms with Crippen molar-refractivity contribution in [2.45, 2.75) is 0 Å². The Morgan fingerprint density at radius 3 is 2.62 bits per heavy atom. The Morgan fingerprint density at radius 2 is 2.06 bits per heavy atom. The molecule has 0 saturated heterocycles. The van der Waals surface area contributed by atoms with Gasteiger partial charge in [0.25, 0.3) is 0 Å². The summed E-state index contributed by atoms with van der Waals surface area (Å²) in [5, 5.41) is 16.7. The summed E-state index contributed by atoms with van der Waals surface area (Å²) in [7, 11) is 0. The van der Waals surface area contributed by atoms with E-state index in [1.54, 1.807) is 0 Å². The van der Waals surface area contributed by atoms with Gasteiger partial charge in [0.2, 0.25) is 0 Å². The second-order valence-electron chi connectivity index (χ2n) is 2.94. The van der Waals surface area contributed by atoms with Gasteiger partial charge in [-0.1, -0.05) is 6.07 Å². The maximum absolute atomic E-state index is 11.0. The second kappa shape index (κ2) is 3.82. The van der Waals surface area contributed by atoms with Crippen molar-refractivity contribution in [1.82, 2.24) is 15.0 Å². The fourth-order valence-corrected chi connectivity index (χ4v) is 1.28. The maximum Gasteiger partial charge on any atom is 0.336 e. The van der Waals surface area contributed by atoms with E-state index in [0.29, 0.717) is 5.69 Å². The number of benzene rings is 1. The molecule has 0 atom stereocenters. The molecule has 0 aliphatic heterocycles. The molecule has 16 heavy (non-hydrogen) atoms. The van der Waals surface area contributed by atoms with Gasteiger partial charge in [-0.15, -0.1) is 0 Å². The molecule has 0 aliphatic rings. The summed E-state index contributed by atoms with van der Waals surface area (Å²) in [4.78, 5) is 15.4. The molecule has 0 aliphatic carbocycles. The quantitative estimate of drug-likeness (QED) is 0.769. The van der Waals surface area contributed by atoms with Crippen LogP contribution in [0.15, 0.2) is 30.6 Å². The van der Waals surface area contributed by atoms with Gasteiger partial charge < -0.3 is 5.11 Å². The van der Waals surface area contributed by atoms with Crippen LogP contribution in [0.4, 0.5) is 5.69 Å². The SMILES string of the molecule is [C-]#[N+]c1ccc(-n2nccn2)c(C(=O)O)c1. The van der Waals surface area contributed by atoms with Crippen LogP contribution in [0.5, 0.6) is 0 Å². The van der Waals surface area contributed by atoms with Gasteiger partial charge in [-0.2, -0.15) is 15.0 Å². The minimum Gasteiger partial charge on any atom is -0.478 e. The van der Waals surface area contributed by atoms with Crippen molar-refractivity contribution in [1.29, 1.82) is 0 Å². The zero-order chi connectivity index (χ0) is 11.5. The lowest BCUT2D eigenvalue weighted by atomic mass is 10.1. The highest BCUT2D eigenvalue weighted by Gasteiger charge is 2.13. The largest absolute Gasteiger partial charge is 0.478 e. The maximum atomic E-state index is 11.0. The average molecular weight is 214 g/mol. The first-order valence-corrected chi connectivity index (χ1v) is 4.34. The van der Waals surface area contributed by atoms with Crippen molar-refractivity contribution in [2.24, 2.45) is 0 Å². The van der Waals surface area contributed by atoms with E-state index in [-0.39, 0.29) is 11.3 Å². The number of hydrogen-bond acceptors (Lipinski definition) is 3. The van der Waals surface area contributed by atoms with Gasteiger partial charge in [0.05, 0.1) is 30.2 Å². The van der Waals surface area contributed by atoms with Crippen LogP contribution in [0.3, 0.4) is 0 Å². The number of aromatic nitrogens is 3. The van der Waals surface area contributed by atoms with E-state index >= 15 is 0 Å². The van der Waals surface area contributed by atoms with Crippen molar-refractivity contribution in [2.75, 3.05) is 0 Å². The molecule has 1 aromatic carbocycles. The van der Waals surface area contributed by atoms with Crippen LogP contribution < -0.4 is 0 Å². The minimum atomic E-state index is -1.11. The summed E-state index contributed by atoms with van der Waals surface area (Å²) in [6, 6.07) is 4.34. The molecule has 0 radical (unpaired) electrons. The average Bonchev–Trinajstić information content (AvgIpc) is 2.81. The number of carboxylic acids is 1. The summed E-state index contributed by atoms with van der Waals surface area (Å²) in [6.45, 7) is 6.82. The van der Waals surface area contributed by atoms with E-state index < -0.39 is 5.97 Å². The molecule has 2 rings (SSSR count). The highest BCUT2D eigenvalue weighted by atomic mass is 16.4. The van der Waals surface area contributed by atoms with Gasteiger partial charge in [-0.3, -0.25) is 0 Å². The van der Waals surface area contributed by atoms with Crippen LogP contribution in [-0.4, -0.2) is 26.1 Å². The smallest absolute Gasteiger partial charge is 0.336 e. The van der Waals surface area contributed by atoms with Gasteiger partial charge in [0, 0.05) is 0 Å². The van der Waals surface area contributed by atoms with Crippen molar-refractivity contribution in [3.63, 3.8) is 0 Å². The standard InChI is InChI=1S/C10H6N4O2/c1-11-7-2-3-9(8(6-7)10(15)16)14-12-4-5-13-14/h2-6H,(H,15,16). The van der Waals surface area contributed by atoms with Crippen LogP contribution in [0.2, 0.25) is 0 Å². The topological polar surface area (TPSA) is 72.4 Å². The first-order valence-electron chi connectivity index (χ1n) is 4.34. The number of carbonyl (C=O) groups is 1. The first-order chi connectivity index (χ1) is 7.72. The van der Waals surface area contributed by atoms with Crippen molar-refractivity contribution in [3.05, 3.63) is 47.6 Å². The molecule has 0 bridgehead atoms. The summed E-state index contributed by atoms with van der Waals surface area (Å²) in [5.74, 6) is -1.11. The fraction of sp³-hybridized carbons (Fsp3) is 0. The summed E-state index contributed by atoms with van der Waals surface area (Å²) in [6.07, 6.45) is 2.91. The lowest BCUT2D eigenvalue weighted by Crippen LogP contribution is -2.07. The van der Waals surface area contributed by atoms with E-state index in [1.165, 1.54) is 35.4 Å². The normalized spacial score (nSPS) is 9.69. The molecule has 2 aromatic rings.